The summed E-state index contributed by atoms with van der Waals surface area (Å²) in [4.78, 5) is 11.2. The van der Waals surface area contributed by atoms with E-state index in [9.17, 15) is 22.1 Å². The van der Waals surface area contributed by atoms with Gasteiger partial charge < -0.3 is 22.1 Å². The van der Waals surface area contributed by atoms with Crippen molar-refractivity contribution in [3.05, 3.63) is 96.1 Å². The molecule has 3 aromatic carbocycles. The predicted molar refractivity (Wildman–Crippen MR) is 111 cm³/mol. The van der Waals surface area contributed by atoms with Crippen LogP contribution in [0.2, 0.25) is 0 Å². The molecule has 29 heavy (non-hydrogen) atoms. The average molecular weight is 422 g/mol. The Kier molecular flexibility index (Phi) is 8.80. The minimum absolute atomic E-state index is 0.0833. The molecule has 0 heterocycles. The minimum Gasteiger partial charge on any atom is -0.418 e. The summed E-state index contributed by atoms with van der Waals surface area (Å²) in [7, 11) is -6.00. The maximum absolute atomic E-state index is 10.00. The van der Waals surface area contributed by atoms with Gasteiger partial charge in [-0.2, -0.15) is 0 Å². The highest BCUT2D eigenvalue weighted by molar-refractivity contribution is 7.99. The fourth-order valence-corrected chi connectivity index (χ4v) is 3.19. The number of halogens is 4. The van der Waals surface area contributed by atoms with Crippen molar-refractivity contribution in [2.45, 2.75) is 11.3 Å². The number of thioether (sulfide) groups is 1. The third kappa shape index (κ3) is 9.85. The van der Waals surface area contributed by atoms with Gasteiger partial charge in [-0.05, 0) is 36.2 Å². The number of carbonyl (C=O) groups excluding carboxylic acids is 1. The van der Waals surface area contributed by atoms with E-state index in [-0.39, 0.29) is 5.97 Å². The highest BCUT2D eigenvalue weighted by atomic mass is 32.2. The molecule has 1 N–H and O–H groups in total. The molecule has 3 rings (SSSR count). The summed E-state index contributed by atoms with van der Waals surface area (Å²) in [5.74, 6) is 1.58. The Labute approximate surface area is 171 Å². The number of esters is 1. The van der Waals surface area contributed by atoms with Gasteiger partial charge in [0.2, 0.25) is 5.75 Å². The first-order valence-electron chi connectivity index (χ1n) is 8.74. The first-order valence-corrected chi connectivity index (χ1v) is 9.73. The third-order valence-electron chi connectivity index (χ3n) is 3.56. The van der Waals surface area contributed by atoms with Crippen molar-refractivity contribution >= 4 is 25.0 Å². The molecule has 0 unspecified atom stereocenters. The van der Waals surface area contributed by atoms with Crippen molar-refractivity contribution in [3.63, 3.8) is 0 Å². The molecule has 0 atom stereocenters. The summed E-state index contributed by atoms with van der Waals surface area (Å²) in [6.45, 7) is 0. The number of hydrogen-bond acceptors (Lipinski definition) is 2. The van der Waals surface area contributed by atoms with Crippen LogP contribution >= 0.6 is 11.8 Å². The van der Waals surface area contributed by atoms with Crippen LogP contribution in [0.3, 0.4) is 0 Å². The second-order valence-corrected chi connectivity index (χ2v) is 6.99. The molecule has 0 saturated carbocycles. The molecule has 0 aromatic heterocycles. The maximum atomic E-state index is 10.00. The highest BCUT2D eigenvalue weighted by Gasteiger charge is 2.20. The zero-order valence-corrected chi connectivity index (χ0v) is 16.2. The molecule has 0 amide bonds. The topological polar surface area (TPSA) is 30.6 Å². The van der Waals surface area contributed by atoms with Crippen LogP contribution in [0.1, 0.15) is 11.1 Å². The van der Waals surface area contributed by atoms with Crippen molar-refractivity contribution in [2.75, 3.05) is 5.75 Å². The van der Waals surface area contributed by atoms with Crippen LogP contribution in [0, 0.1) is 0 Å². The van der Waals surface area contributed by atoms with E-state index in [0.717, 1.165) is 12.2 Å². The first-order chi connectivity index (χ1) is 13.8. The summed E-state index contributed by atoms with van der Waals surface area (Å²) < 4.78 is 44.5. The SMILES string of the molecule is F[B-](F)(F)F.[OH+]=C(Oc1ccc(SCCc2ccccc2)cc1)c1ccccc1. The van der Waals surface area contributed by atoms with Crippen LogP contribution in [0.15, 0.2) is 89.8 Å². The van der Waals surface area contributed by atoms with Gasteiger partial charge in [0.05, 0.1) is 0 Å². The molecule has 0 radical (unpaired) electrons. The summed E-state index contributed by atoms with van der Waals surface area (Å²) in [5.41, 5.74) is 2.02. The maximum Gasteiger partial charge on any atom is 0.673 e. The smallest absolute Gasteiger partial charge is 0.418 e. The second-order valence-electron chi connectivity index (χ2n) is 5.82. The third-order valence-corrected chi connectivity index (χ3v) is 4.58. The van der Waals surface area contributed by atoms with Crippen molar-refractivity contribution in [1.29, 1.82) is 0 Å². The molecule has 0 spiro atoms. The molecular weight excluding hydrogens is 403 g/mol. The fourth-order valence-electron chi connectivity index (χ4n) is 2.29. The largest absolute Gasteiger partial charge is 0.673 e. The van der Waals surface area contributed by atoms with Gasteiger partial charge in [0.1, 0.15) is 5.56 Å². The van der Waals surface area contributed by atoms with Crippen LogP contribution in [0.4, 0.5) is 17.3 Å². The minimum atomic E-state index is -6.00. The van der Waals surface area contributed by atoms with Gasteiger partial charge in [-0.15, -0.1) is 11.8 Å². The lowest BCUT2D eigenvalue weighted by atomic mass is 10.2. The quantitative estimate of drug-likeness (QED) is 0.117. The van der Waals surface area contributed by atoms with E-state index >= 15 is 0 Å². The van der Waals surface area contributed by atoms with Crippen molar-refractivity contribution in [1.82, 2.24) is 0 Å². The predicted octanol–water partition coefficient (Wildman–Crippen LogP) is 6.25. The normalized spacial score (nSPS) is 10.6. The Balaban J connectivity index is 0.000000537. The van der Waals surface area contributed by atoms with Gasteiger partial charge in [0.15, 0.2) is 0 Å². The van der Waals surface area contributed by atoms with Crippen molar-refractivity contribution < 1.29 is 26.8 Å². The molecule has 0 bridgehead atoms. The van der Waals surface area contributed by atoms with Gasteiger partial charge in [-0.1, -0.05) is 48.5 Å². The van der Waals surface area contributed by atoms with Gasteiger partial charge in [0.25, 0.3) is 0 Å². The first kappa shape index (κ1) is 22.6. The number of rotatable bonds is 6. The highest BCUT2D eigenvalue weighted by Crippen LogP contribution is 2.23. The Hall–Kier alpha value is -2.74. The van der Waals surface area contributed by atoms with Gasteiger partial charge in [0, 0.05) is 22.8 Å². The van der Waals surface area contributed by atoms with Crippen LogP contribution < -0.4 is 4.74 Å². The summed E-state index contributed by atoms with van der Waals surface area (Å²) in [6.07, 6.45) is 1.05. The van der Waals surface area contributed by atoms with E-state index in [1.54, 1.807) is 0 Å². The number of hydrogen-bond donors (Lipinski definition) is 0. The van der Waals surface area contributed by atoms with Crippen LogP contribution in [0.25, 0.3) is 0 Å². The van der Waals surface area contributed by atoms with Crippen molar-refractivity contribution in [3.8, 4) is 5.75 Å². The zero-order chi connectivity index (χ0) is 21.1. The molecule has 0 aliphatic rings. The summed E-state index contributed by atoms with van der Waals surface area (Å²) in [5, 5.41) is 0. The number of benzene rings is 3. The molecule has 0 fully saturated rings. The molecule has 3 aromatic rings. The average Bonchev–Trinajstić information content (AvgIpc) is 2.69. The lowest BCUT2D eigenvalue weighted by Crippen LogP contribution is -2.09. The lowest BCUT2D eigenvalue weighted by molar-refractivity contribution is 0.368. The van der Waals surface area contributed by atoms with E-state index < -0.39 is 7.25 Å². The monoisotopic (exact) mass is 422 g/mol. The van der Waals surface area contributed by atoms with Crippen LogP contribution in [-0.2, 0) is 6.42 Å². The zero-order valence-electron chi connectivity index (χ0n) is 15.4. The van der Waals surface area contributed by atoms with Crippen LogP contribution in [-0.4, -0.2) is 23.8 Å². The van der Waals surface area contributed by atoms with E-state index in [1.165, 1.54) is 10.5 Å². The summed E-state index contributed by atoms with van der Waals surface area (Å²) >= 11 is 1.81. The Morgan fingerprint density at radius 3 is 1.86 bits per heavy atom. The fraction of sp³-hybridized carbons (Fsp3) is 0.0952. The van der Waals surface area contributed by atoms with E-state index in [2.05, 4.69) is 24.3 Å². The molecule has 0 aliphatic heterocycles. The van der Waals surface area contributed by atoms with E-state index in [4.69, 9.17) is 4.74 Å². The number of ether oxygens (including phenoxy) is 1. The lowest BCUT2D eigenvalue weighted by Gasteiger charge is -2.02. The van der Waals surface area contributed by atoms with Crippen molar-refractivity contribution in [2.24, 2.45) is 0 Å². The molecule has 0 aliphatic carbocycles. The summed E-state index contributed by atoms with van der Waals surface area (Å²) in [6, 6.07) is 27.5. The van der Waals surface area contributed by atoms with Gasteiger partial charge in [-0.3, -0.25) is 4.74 Å². The van der Waals surface area contributed by atoms with E-state index in [1.807, 2.05) is 72.4 Å². The molecule has 0 saturated heterocycles. The Morgan fingerprint density at radius 2 is 1.31 bits per heavy atom. The molecule has 8 heteroatoms. The van der Waals surface area contributed by atoms with E-state index in [0.29, 0.717) is 11.3 Å². The number of aryl methyl sites for hydroxylation is 1. The second kappa shape index (κ2) is 11.3. The molecular formula is C21H19BF4O2S. The molecule has 152 valence electrons. The van der Waals surface area contributed by atoms with Gasteiger partial charge in [-0.25, -0.2) is 0 Å². The Bertz CT molecular complexity index is 867. The Morgan fingerprint density at radius 1 is 0.793 bits per heavy atom. The standard InChI is InChI=1S/C21H18O2S.BF4/c22-21(18-9-5-2-6-10-18)23-19-11-13-20(14-12-19)24-16-15-17-7-3-1-4-8-17;2-1(3,4)5/h1-14H,15-16H2;/q;-1/p+1. The van der Waals surface area contributed by atoms with Crippen LogP contribution in [0.5, 0.6) is 5.75 Å². The molecule has 2 nitrogen and oxygen atoms in total. The van der Waals surface area contributed by atoms with Gasteiger partial charge >= 0.3 is 13.2 Å².